The van der Waals surface area contributed by atoms with Gasteiger partial charge in [-0.25, -0.2) is 0 Å². The normalized spacial score (nSPS) is 27.7. The maximum absolute atomic E-state index is 5.46. The van der Waals surface area contributed by atoms with Crippen molar-refractivity contribution in [1.82, 2.24) is 5.32 Å². The molecule has 1 N–H and O–H groups in total. The zero-order valence-corrected chi connectivity index (χ0v) is 8.55. The third-order valence-electron chi connectivity index (χ3n) is 3.30. The summed E-state index contributed by atoms with van der Waals surface area (Å²) in [5.74, 6) is 1.75. The lowest BCUT2D eigenvalue weighted by molar-refractivity contribution is 0.242. The lowest BCUT2D eigenvalue weighted by Gasteiger charge is -2.38. The van der Waals surface area contributed by atoms with E-state index in [4.69, 9.17) is 4.42 Å². The number of furan rings is 1. The first-order valence-corrected chi connectivity index (χ1v) is 4.96. The van der Waals surface area contributed by atoms with E-state index < -0.39 is 0 Å². The van der Waals surface area contributed by atoms with Crippen LogP contribution >= 0.6 is 0 Å². The number of nitrogens with one attached hydrogen (secondary N) is 1. The average molecular weight is 179 g/mol. The highest BCUT2D eigenvalue weighted by Gasteiger charge is 2.35. The van der Waals surface area contributed by atoms with Gasteiger partial charge in [0.15, 0.2) is 0 Å². The van der Waals surface area contributed by atoms with Gasteiger partial charge in [-0.05, 0) is 18.9 Å². The summed E-state index contributed by atoms with van der Waals surface area (Å²) in [5, 5.41) is 3.58. The van der Waals surface area contributed by atoms with E-state index in [1.54, 1.807) is 6.26 Å². The maximum Gasteiger partial charge on any atom is 0.110 e. The van der Waals surface area contributed by atoms with Crippen LogP contribution in [0.15, 0.2) is 16.7 Å². The first-order chi connectivity index (χ1) is 6.14. The molecule has 0 fully saturated rings. The minimum Gasteiger partial charge on any atom is -0.469 e. The van der Waals surface area contributed by atoms with Gasteiger partial charge in [-0.1, -0.05) is 13.8 Å². The van der Waals surface area contributed by atoms with Crippen LogP contribution in [0.2, 0.25) is 0 Å². The third-order valence-corrected chi connectivity index (χ3v) is 3.30. The van der Waals surface area contributed by atoms with Gasteiger partial charge in [-0.3, -0.25) is 0 Å². The standard InChI is InChI=1S/C11H17NO/c1-8(2)11(3)9-5-7-13-10(9)4-6-12-11/h5,7-8,12H,4,6H2,1-3H3. The molecule has 1 aliphatic rings. The maximum atomic E-state index is 5.46. The molecule has 2 rings (SSSR count). The SMILES string of the molecule is CC(C)C1(C)NCCc2occc21. The molecule has 1 aromatic rings. The van der Waals surface area contributed by atoms with Crippen molar-refractivity contribution in [1.29, 1.82) is 0 Å². The number of hydrogen-bond acceptors (Lipinski definition) is 2. The van der Waals surface area contributed by atoms with Crippen LogP contribution in [0.4, 0.5) is 0 Å². The molecule has 0 spiro atoms. The predicted octanol–water partition coefficient (Wildman–Crippen LogP) is 2.30. The number of hydrogen-bond donors (Lipinski definition) is 1. The Bertz CT molecular complexity index is 303. The summed E-state index contributed by atoms with van der Waals surface area (Å²) in [4.78, 5) is 0. The van der Waals surface area contributed by atoms with Crippen LogP contribution < -0.4 is 5.32 Å². The molecule has 0 saturated carbocycles. The second-order valence-corrected chi connectivity index (χ2v) is 4.29. The van der Waals surface area contributed by atoms with E-state index in [1.165, 1.54) is 5.56 Å². The lowest BCUT2D eigenvalue weighted by Crippen LogP contribution is -2.48. The molecule has 1 atom stereocenters. The van der Waals surface area contributed by atoms with Gasteiger partial charge in [0.25, 0.3) is 0 Å². The zero-order valence-electron chi connectivity index (χ0n) is 8.55. The molecule has 0 amide bonds. The van der Waals surface area contributed by atoms with Crippen LogP contribution in [0.25, 0.3) is 0 Å². The van der Waals surface area contributed by atoms with E-state index in [0.717, 1.165) is 18.7 Å². The Morgan fingerprint density at radius 1 is 1.54 bits per heavy atom. The van der Waals surface area contributed by atoms with Gasteiger partial charge in [0.2, 0.25) is 0 Å². The molecule has 2 heterocycles. The van der Waals surface area contributed by atoms with Crippen molar-refractivity contribution in [3.63, 3.8) is 0 Å². The molecule has 1 unspecified atom stereocenters. The largest absolute Gasteiger partial charge is 0.469 e. The number of rotatable bonds is 1. The van der Waals surface area contributed by atoms with Crippen molar-refractivity contribution in [3.8, 4) is 0 Å². The van der Waals surface area contributed by atoms with Crippen molar-refractivity contribution in [3.05, 3.63) is 23.7 Å². The highest BCUT2D eigenvalue weighted by molar-refractivity contribution is 5.29. The Balaban J connectivity index is 2.45. The fourth-order valence-corrected chi connectivity index (χ4v) is 2.04. The predicted molar refractivity (Wildman–Crippen MR) is 52.6 cm³/mol. The van der Waals surface area contributed by atoms with Gasteiger partial charge in [0.05, 0.1) is 6.26 Å². The Labute approximate surface area is 79.3 Å². The summed E-state index contributed by atoms with van der Waals surface area (Å²) in [7, 11) is 0. The minimum absolute atomic E-state index is 0.0978. The van der Waals surface area contributed by atoms with Crippen LogP contribution in [0, 0.1) is 5.92 Å². The highest BCUT2D eigenvalue weighted by atomic mass is 16.3. The van der Waals surface area contributed by atoms with Crippen molar-refractivity contribution in [2.75, 3.05) is 6.54 Å². The Morgan fingerprint density at radius 3 is 3.00 bits per heavy atom. The molecule has 2 heteroatoms. The minimum atomic E-state index is 0.0978. The quantitative estimate of drug-likeness (QED) is 0.715. The Kier molecular flexibility index (Phi) is 1.95. The van der Waals surface area contributed by atoms with Crippen molar-refractivity contribution >= 4 is 0 Å². The summed E-state index contributed by atoms with van der Waals surface area (Å²) in [6, 6.07) is 2.10. The Morgan fingerprint density at radius 2 is 2.31 bits per heavy atom. The van der Waals surface area contributed by atoms with Crippen LogP contribution in [0.3, 0.4) is 0 Å². The van der Waals surface area contributed by atoms with E-state index in [1.807, 2.05) is 0 Å². The highest BCUT2D eigenvalue weighted by Crippen LogP contribution is 2.34. The molecule has 0 aliphatic carbocycles. The number of fused-ring (bicyclic) bond motifs is 1. The van der Waals surface area contributed by atoms with Crippen molar-refractivity contribution in [2.45, 2.75) is 32.7 Å². The van der Waals surface area contributed by atoms with Crippen LogP contribution in [-0.4, -0.2) is 6.54 Å². The molecule has 1 aromatic heterocycles. The van der Waals surface area contributed by atoms with E-state index in [2.05, 4.69) is 32.2 Å². The molecular formula is C11H17NO. The van der Waals surface area contributed by atoms with Gasteiger partial charge in [-0.2, -0.15) is 0 Å². The van der Waals surface area contributed by atoms with E-state index in [0.29, 0.717) is 5.92 Å². The van der Waals surface area contributed by atoms with Crippen molar-refractivity contribution < 1.29 is 4.42 Å². The second-order valence-electron chi connectivity index (χ2n) is 4.29. The lowest BCUT2D eigenvalue weighted by atomic mass is 9.79. The first kappa shape index (κ1) is 8.82. The summed E-state index contributed by atoms with van der Waals surface area (Å²) in [5.41, 5.74) is 1.44. The van der Waals surface area contributed by atoms with Gasteiger partial charge >= 0.3 is 0 Å². The first-order valence-electron chi connectivity index (χ1n) is 4.96. The smallest absolute Gasteiger partial charge is 0.110 e. The molecule has 13 heavy (non-hydrogen) atoms. The molecule has 72 valence electrons. The van der Waals surface area contributed by atoms with Crippen LogP contribution in [0.5, 0.6) is 0 Å². The summed E-state index contributed by atoms with van der Waals surface area (Å²) in [6.07, 6.45) is 2.82. The molecule has 1 aliphatic heterocycles. The topological polar surface area (TPSA) is 25.2 Å². The zero-order chi connectivity index (χ0) is 9.47. The van der Waals surface area contributed by atoms with Crippen molar-refractivity contribution in [2.24, 2.45) is 5.92 Å². The molecule has 0 saturated heterocycles. The van der Waals surface area contributed by atoms with Gasteiger partial charge in [0, 0.05) is 24.1 Å². The van der Waals surface area contributed by atoms with E-state index in [-0.39, 0.29) is 5.54 Å². The average Bonchev–Trinajstić information content (AvgIpc) is 2.53. The van der Waals surface area contributed by atoms with Gasteiger partial charge in [-0.15, -0.1) is 0 Å². The summed E-state index contributed by atoms with van der Waals surface area (Å²) < 4.78 is 5.46. The van der Waals surface area contributed by atoms with Gasteiger partial charge < -0.3 is 9.73 Å². The fourth-order valence-electron chi connectivity index (χ4n) is 2.04. The van der Waals surface area contributed by atoms with Crippen LogP contribution in [0.1, 0.15) is 32.1 Å². The van der Waals surface area contributed by atoms with Gasteiger partial charge in [0.1, 0.15) is 5.76 Å². The van der Waals surface area contributed by atoms with E-state index >= 15 is 0 Å². The fraction of sp³-hybridized carbons (Fsp3) is 0.636. The third kappa shape index (κ3) is 1.20. The molecule has 0 aromatic carbocycles. The monoisotopic (exact) mass is 179 g/mol. The van der Waals surface area contributed by atoms with E-state index in [9.17, 15) is 0 Å². The molecular weight excluding hydrogens is 162 g/mol. The van der Waals surface area contributed by atoms with Crippen LogP contribution in [-0.2, 0) is 12.0 Å². The summed E-state index contributed by atoms with van der Waals surface area (Å²) >= 11 is 0. The Hall–Kier alpha value is -0.760. The summed E-state index contributed by atoms with van der Waals surface area (Å²) in [6.45, 7) is 7.77. The second kappa shape index (κ2) is 2.88. The molecule has 2 nitrogen and oxygen atoms in total. The molecule has 0 radical (unpaired) electrons. The molecule has 0 bridgehead atoms.